The molecular weight excluding hydrogens is 318 g/mol. The van der Waals surface area contributed by atoms with Crippen molar-refractivity contribution in [1.82, 2.24) is 10.3 Å². The lowest BCUT2D eigenvalue weighted by Gasteiger charge is -2.32. The van der Waals surface area contributed by atoms with Crippen LogP contribution in [0.15, 0.2) is 35.8 Å². The Morgan fingerprint density at radius 3 is 2.82 bits per heavy atom. The number of amides is 1. The van der Waals surface area contributed by atoms with Crippen LogP contribution < -0.4 is 10.2 Å². The van der Waals surface area contributed by atoms with Crippen molar-refractivity contribution in [2.45, 2.75) is 25.3 Å². The highest BCUT2D eigenvalue weighted by Crippen LogP contribution is 2.22. The van der Waals surface area contributed by atoms with Crippen molar-refractivity contribution in [3.63, 3.8) is 0 Å². The van der Waals surface area contributed by atoms with Gasteiger partial charge in [0.05, 0.1) is 6.42 Å². The van der Waals surface area contributed by atoms with E-state index in [1.807, 2.05) is 35.8 Å². The smallest absolute Gasteiger partial charge is 0.224 e. The fraction of sp³-hybridized carbons (Fsp3) is 0.375. The molecule has 1 aromatic carbocycles. The fourth-order valence-electron chi connectivity index (χ4n) is 2.68. The molecule has 22 heavy (non-hydrogen) atoms. The molecule has 1 amide bonds. The van der Waals surface area contributed by atoms with Crippen molar-refractivity contribution >= 4 is 34.0 Å². The molecular formula is C16H18ClN3OS. The Hall–Kier alpha value is -1.59. The summed E-state index contributed by atoms with van der Waals surface area (Å²) in [7, 11) is 0. The summed E-state index contributed by atoms with van der Waals surface area (Å²) in [6.45, 7) is 1.87. The molecule has 0 atom stereocenters. The molecule has 1 N–H and O–H groups in total. The number of hydrogen-bond donors (Lipinski definition) is 1. The van der Waals surface area contributed by atoms with Crippen LogP contribution in [0.3, 0.4) is 0 Å². The van der Waals surface area contributed by atoms with Crippen LogP contribution >= 0.6 is 22.9 Å². The predicted octanol–water partition coefficient (Wildman–Crippen LogP) is 3.12. The van der Waals surface area contributed by atoms with E-state index in [0.29, 0.717) is 11.4 Å². The van der Waals surface area contributed by atoms with E-state index in [2.05, 4.69) is 15.2 Å². The Kier molecular flexibility index (Phi) is 4.95. The van der Waals surface area contributed by atoms with Crippen LogP contribution in [0.4, 0.5) is 5.13 Å². The third kappa shape index (κ3) is 3.78. The minimum Gasteiger partial charge on any atom is -0.353 e. The molecule has 0 bridgehead atoms. The van der Waals surface area contributed by atoms with Gasteiger partial charge in [-0.05, 0) is 24.5 Å². The number of anilines is 1. The second-order valence-electron chi connectivity index (χ2n) is 5.41. The van der Waals surface area contributed by atoms with Crippen molar-refractivity contribution in [1.29, 1.82) is 0 Å². The van der Waals surface area contributed by atoms with Gasteiger partial charge in [0.2, 0.25) is 5.91 Å². The Labute approximate surface area is 139 Å². The standard InChI is InChI=1S/C16H18ClN3OS/c17-14-4-2-1-3-12(14)11-15(21)19-13-5-8-20(9-6-13)16-18-7-10-22-16/h1-4,7,10,13H,5-6,8-9,11H2,(H,19,21). The first-order valence-corrected chi connectivity index (χ1v) is 8.65. The summed E-state index contributed by atoms with van der Waals surface area (Å²) in [6, 6.07) is 7.73. The van der Waals surface area contributed by atoms with Crippen LogP contribution in [0.1, 0.15) is 18.4 Å². The third-order valence-electron chi connectivity index (χ3n) is 3.86. The van der Waals surface area contributed by atoms with Crippen LogP contribution in [0, 0.1) is 0 Å². The molecule has 6 heteroatoms. The maximum absolute atomic E-state index is 12.1. The van der Waals surface area contributed by atoms with Gasteiger partial charge in [0.25, 0.3) is 0 Å². The van der Waals surface area contributed by atoms with Gasteiger partial charge in [0, 0.05) is 35.7 Å². The van der Waals surface area contributed by atoms with Crippen molar-refractivity contribution in [2.24, 2.45) is 0 Å². The number of hydrogen-bond acceptors (Lipinski definition) is 4. The minimum absolute atomic E-state index is 0.0424. The van der Waals surface area contributed by atoms with Gasteiger partial charge in [-0.1, -0.05) is 29.8 Å². The molecule has 1 aliphatic heterocycles. The van der Waals surface area contributed by atoms with Gasteiger partial charge in [0.15, 0.2) is 5.13 Å². The van der Waals surface area contributed by atoms with Gasteiger partial charge in [-0.15, -0.1) is 11.3 Å². The molecule has 2 aromatic rings. The van der Waals surface area contributed by atoms with Gasteiger partial charge < -0.3 is 10.2 Å². The highest BCUT2D eigenvalue weighted by molar-refractivity contribution is 7.13. The first kappa shape index (κ1) is 15.3. The van der Waals surface area contributed by atoms with Gasteiger partial charge in [-0.2, -0.15) is 0 Å². The molecule has 0 saturated carbocycles. The molecule has 2 heterocycles. The predicted molar refractivity (Wildman–Crippen MR) is 90.6 cm³/mol. The Morgan fingerprint density at radius 2 is 2.14 bits per heavy atom. The van der Waals surface area contributed by atoms with Gasteiger partial charge in [-0.3, -0.25) is 4.79 Å². The highest BCUT2D eigenvalue weighted by atomic mass is 35.5. The molecule has 0 aliphatic carbocycles. The highest BCUT2D eigenvalue weighted by Gasteiger charge is 2.22. The molecule has 3 rings (SSSR count). The second kappa shape index (κ2) is 7.11. The third-order valence-corrected chi connectivity index (χ3v) is 5.06. The number of carbonyl (C=O) groups is 1. The number of piperidine rings is 1. The van der Waals surface area contributed by atoms with Crippen molar-refractivity contribution in [3.8, 4) is 0 Å². The van der Waals surface area contributed by atoms with Crippen LogP contribution in [-0.2, 0) is 11.2 Å². The molecule has 0 radical (unpaired) electrons. The SMILES string of the molecule is O=C(Cc1ccccc1Cl)NC1CCN(c2nccs2)CC1. The molecule has 4 nitrogen and oxygen atoms in total. The van der Waals surface area contributed by atoms with E-state index in [0.717, 1.165) is 36.6 Å². The summed E-state index contributed by atoms with van der Waals surface area (Å²) in [5, 5.41) is 6.83. The van der Waals surface area contributed by atoms with Gasteiger partial charge in [-0.25, -0.2) is 4.98 Å². The zero-order chi connectivity index (χ0) is 15.4. The molecule has 0 unspecified atom stereocenters. The topological polar surface area (TPSA) is 45.2 Å². The summed E-state index contributed by atoms with van der Waals surface area (Å²) < 4.78 is 0. The summed E-state index contributed by atoms with van der Waals surface area (Å²) in [4.78, 5) is 18.8. The largest absolute Gasteiger partial charge is 0.353 e. The van der Waals surface area contributed by atoms with E-state index in [1.165, 1.54) is 0 Å². The number of benzene rings is 1. The zero-order valence-corrected chi connectivity index (χ0v) is 13.7. The first-order valence-electron chi connectivity index (χ1n) is 7.39. The molecule has 1 aromatic heterocycles. The Balaban J connectivity index is 1.48. The first-order chi connectivity index (χ1) is 10.7. The van der Waals surface area contributed by atoms with Crippen LogP contribution in [0.2, 0.25) is 5.02 Å². The number of nitrogens with zero attached hydrogens (tertiary/aromatic N) is 2. The second-order valence-corrected chi connectivity index (χ2v) is 6.69. The summed E-state index contributed by atoms with van der Waals surface area (Å²) in [5.74, 6) is 0.0424. The van der Waals surface area contributed by atoms with Crippen LogP contribution in [0.25, 0.3) is 0 Å². The van der Waals surface area contributed by atoms with Crippen LogP contribution in [0.5, 0.6) is 0 Å². The number of halogens is 1. The lowest BCUT2D eigenvalue weighted by Crippen LogP contribution is -2.45. The summed E-state index contributed by atoms with van der Waals surface area (Å²) in [5.41, 5.74) is 0.877. The van der Waals surface area contributed by atoms with E-state index in [4.69, 9.17) is 11.6 Å². The summed E-state index contributed by atoms with van der Waals surface area (Å²) >= 11 is 7.76. The molecule has 1 saturated heterocycles. The van der Waals surface area contributed by atoms with Crippen molar-refractivity contribution in [3.05, 3.63) is 46.4 Å². The molecule has 0 spiro atoms. The maximum atomic E-state index is 12.1. The quantitative estimate of drug-likeness (QED) is 0.933. The number of nitrogens with one attached hydrogen (secondary N) is 1. The Bertz CT molecular complexity index is 624. The zero-order valence-electron chi connectivity index (χ0n) is 12.2. The number of thiazole rings is 1. The van der Waals surface area contributed by atoms with Gasteiger partial charge >= 0.3 is 0 Å². The average Bonchev–Trinajstić information content (AvgIpc) is 3.05. The lowest BCUT2D eigenvalue weighted by atomic mass is 10.0. The van der Waals surface area contributed by atoms with E-state index in [9.17, 15) is 4.79 Å². The van der Waals surface area contributed by atoms with Crippen LogP contribution in [-0.4, -0.2) is 30.0 Å². The van der Waals surface area contributed by atoms with E-state index >= 15 is 0 Å². The molecule has 1 aliphatic rings. The normalized spacial score (nSPS) is 15.8. The monoisotopic (exact) mass is 335 g/mol. The molecule has 1 fully saturated rings. The van der Waals surface area contributed by atoms with Crippen molar-refractivity contribution < 1.29 is 4.79 Å². The number of rotatable bonds is 4. The van der Waals surface area contributed by atoms with E-state index in [1.54, 1.807) is 11.3 Å². The average molecular weight is 336 g/mol. The van der Waals surface area contributed by atoms with E-state index < -0.39 is 0 Å². The van der Waals surface area contributed by atoms with Gasteiger partial charge in [0.1, 0.15) is 0 Å². The van der Waals surface area contributed by atoms with Crippen molar-refractivity contribution in [2.75, 3.05) is 18.0 Å². The minimum atomic E-state index is 0.0424. The fourth-order valence-corrected chi connectivity index (χ4v) is 3.58. The number of aromatic nitrogens is 1. The lowest BCUT2D eigenvalue weighted by molar-refractivity contribution is -0.121. The number of carbonyl (C=O) groups excluding carboxylic acids is 1. The van der Waals surface area contributed by atoms with E-state index in [-0.39, 0.29) is 11.9 Å². The Morgan fingerprint density at radius 1 is 1.36 bits per heavy atom. The summed E-state index contributed by atoms with van der Waals surface area (Å²) in [6.07, 6.45) is 4.07. The maximum Gasteiger partial charge on any atom is 0.224 e. The molecule has 116 valence electrons.